The van der Waals surface area contributed by atoms with Gasteiger partial charge in [-0.3, -0.25) is 0 Å². The highest BCUT2D eigenvalue weighted by atomic mass is 32.2. The molecule has 1 N–H and O–H groups in total. The Morgan fingerprint density at radius 2 is 2.59 bits per heavy atom. The van der Waals surface area contributed by atoms with E-state index in [4.69, 9.17) is 9.26 Å². The van der Waals surface area contributed by atoms with Gasteiger partial charge in [-0.2, -0.15) is 11.8 Å². The lowest BCUT2D eigenvalue weighted by Crippen LogP contribution is -2.47. The van der Waals surface area contributed by atoms with Crippen molar-refractivity contribution in [3.05, 3.63) is 18.0 Å². The Labute approximate surface area is 105 Å². The van der Waals surface area contributed by atoms with Gasteiger partial charge in [0.15, 0.2) is 0 Å². The van der Waals surface area contributed by atoms with E-state index in [-0.39, 0.29) is 5.60 Å². The third kappa shape index (κ3) is 2.67. The van der Waals surface area contributed by atoms with Gasteiger partial charge in [0.1, 0.15) is 5.76 Å². The molecule has 94 valence electrons. The summed E-state index contributed by atoms with van der Waals surface area (Å²) in [5, 5.41) is 7.27. The van der Waals surface area contributed by atoms with Crippen LogP contribution in [0.1, 0.15) is 25.0 Å². The molecule has 0 aromatic carbocycles. The first-order valence-electron chi connectivity index (χ1n) is 6.21. The van der Waals surface area contributed by atoms with Crippen LogP contribution in [-0.4, -0.2) is 34.9 Å². The largest absolute Gasteiger partial charge is 0.374 e. The van der Waals surface area contributed by atoms with E-state index in [2.05, 4.69) is 10.5 Å². The Morgan fingerprint density at radius 3 is 3.35 bits per heavy atom. The van der Waals surface area contributed by atoms with Crippen molar-refractivity contribution in [3.63, 3.8) is 0 Å². The van der Waals surface area contributed by atoms with Crippen molar-refractivity contribution in [1.29, 1.82) is 0 Å². The zero-order valence-corrected chi connectivity index (χ0v) is 10.7. The summed E-state index contributed by atoms with van der Waals surface area (Å²) in [5.74, 6) is 3.31. The van der Waals surface area contributed by atoms with Gasteiger partial charge in [-0.1, -0.05) is 5.16 Å². The first kappa shape index (κ1) is 11.6. The van der Waals surface area contributed by atoms with Crippen LogP contribution < -0.4 is 5.32 Å². The molecule has 3 heterocycles. The fourth-order valence-corrected chi connectivity index (χ4v) is 4.02. The summed E-state index contributed by atoms with van der Waals surface area (Å²) in [6.07, 6.45) is 5.13. The van der Waals surface area contributed by atoms with Crippen molar-refractivity contribution in [1.82, 2.24) is 10.5 Å². The molecule has 1 spiro atoms. The minimum atomic E-state index is 0.155. The fraction of sp³-hybridized carbons (Fsp3) is 0.750. The number of hydrogen-bond acceptors (Lipinski definition) is 5. The zero-order chi connectivity index (χ0) is 11.6. The SMILES string of the molecule is c1cc(CNC2CCOC3(CCSC3)C2)on1. The van der Waals surface area contributed by atoms with Gasteiger partial charge < -0.3 is 14.6 Å². The minimum absolute atomic E-state index is 0.155. The van der Waals surface area contributed by atoms with Crippen LogP contribution in [0.4, 0.5) is 0 Å². The van der Waals surface area contributed by atoms with E-state index in [0.717, 1.165) is 37.5 Å². The molecule has 4 nitrogen and oxygen atoms in total. The number of aromatic nitrogens is 1. The molecule has 0 amide bonds. The normalized spacial score (nSPS) is 33.3. The van der Waals surface area contributed by atoms with Gasteiger partial charge in [0.2, 0.25) is 0 Å². The summed E-state index contributed by atoms with van der Waals surface area (Å²) < 4.78 is 11.1. The van der Waals surface area contributed by atoms with Crippen molar-refractivity contribution in [2.75, 3.05) is 18.1 Å². The predicted molar refractivity (Wildman–Crippen MR) is 67.0 cm³/mol. The lowest BCUT2D eigenvalue weighted by Gasteiger charge is -2.38. The Balaban J connectivity index is 1.53. The standard InChI is InChI=1S/C12H18N2O2S/c1-4-14-16-11(1)8-13-10-2-5-15-12(7-10)3-6-17-9-12/h1,4,10,13H,2-3,5-9H2. The number of hydrogen-bond donors (Lipinski definition) is 1. The Hall–Kier alpha value is -0.520. The van der Waals surface area contributed by atoms with E-state index in [1.165, 1.54) is 12.2 Å². The van der Waals surface area contributed by atoms with Gasteiger partial charge in [0.05, 0.1) is 18.3 Å². The first-order chi connectivity index (χ1) is 8.36. The second-order valence-corrected chi connectivity index (χ2v) is 5.99. The summed E-state index contributed by atoms with van der Waals surface area (Å²) in [6, 6.07) is 2.46. The third-order valence-corrected chi connectivity index (χ3v) is 4.84. The molecule has 5 heteroatoms. The van der Waals surface area contributed by atoms with Gasteiger partial charge in [0.25, 0.3) is 0 Å². The van der Waals surface area contributed by atoms with Crippen molar-refractivity contribution in [3.8, 4) is 0 Å². The molecule has 1 aromatic heterocycles. The summed E-state index contributed by atoms with van der Waals surface area (Å²) in [5.41, 5.74) is 0.155. The smallest absolute Gasteiger partial charge is 0.150 e. The van der Waals surface area contributed by atoms with E-state index < -0.39 is 0 Å². The summed E-state index contributed by atoms with van der Waals surface area (Å²) in [6.45, 7) is 1.66. The molecule has 2 saturated heterocycles. The molecule has 2 unspecified atom stereocenters. The molecule has 2 fully saturated rings. The maximum Gasteiger partial charge on any atom is 0.150 e. The molecular formula is C12H18N2O2S. The monoisotopic (exact) mass is 254 g/mol. The van der Waals surface area contributed by atoms with Crippen LogP contribution in [0.25, 0.3) is 0 Å². The number of thioether (sulfide) groups is 1. The molecule has 0 aliphatic carbocycles. The van der Waals surface area contributed by atoms with Crippen LogP contribution in [0, 0.1) is 0 Å². The lowest BCUT2D eigenvalue weighted by atomic mass is 9.90. The van der Waals surface area contributed by atoms with E-state index >= 15 is 0 Å². The number of nitrogens with zero attached hydrogens (tertiary/aromatic N) is 1. The van der Waals surface area contributed by atoms with Crippen LogP contribution in [0.2, 0.25) is 0 Å². The van der Waals surface area contributed by atoms with Gasteiger partial charge in [-0.05, 0) is 25.0 Å². The fourth-order valence-electron chi connectivity index (χ4n) is 2.64. The predicted octanol–water partition coefficient (Wildman–Crippen LogP) is 1.82. The van der Waals surface area contributed by atoms with Crippen molar-refractivity contribution < 1.29 is 9.26 Å². The van der Waals surface area contributed by atoms with Crippen LogP contribution in [-0.2, 0) is 11.3 Å². The molecular weight excluding hydrogens is 236 g/mol. The zero-order valence-electron chi connectivity index (χ0n) is 9.85. The van der Waals surface area contributed by atoms with Crippen LogP contribution in [0.3, 0.4) is 0 Å². The maximum absolute atomic E-state index is 6.00. The van der Waals surface area contributed by atoms with Gasteiger partial charge in [-0.25, -0.2) is 0 Å². The third-order valence-electron chi connectivity index (χ3n) is 3.62. The molecule has 0 radical (unpaired) electrons. The molecule has 2 aliphatic rings. The van der Waals surface area contributed by atoms with Crippen LogP contribution >= 0.6 is 11.8 Å². The molecule has 17 heavy (non-hydrogen) atoms. The van der Waals surface area contributed by atoms with Crippen LogP contribution in [0.15, 0.2) is 16.8 Å². The molecule has 1 aromatic rings. The Bertz CT molecular complexity index is 349. The van der Waals surface area contributed by atoms with E-state index in [1.54, 1.807) is 6.20 Å². The highest BCUT2D eigenvalue weighted by Crippen LogP contribution is 2.38. The van der Waals surface area contributed by atoms with Gasteiger partial charge >= 0.3 is 0 Å². The average Bonchev–Trinajstić information content (AvgIpc) is 2.99. The topological polar surface area (TPSA) is 47.3 Å². The maximum atomic E-state index is 6.00. The highest BCUT2D eigenvalue weighted by molar-refractivity contribution is 7.99. The Kier molecular flexibility index (Phi) is 3.40. The summed E-state index contributed by atoms with van der Waals surface area (Å²) >= 11 is 2.02. The second-order valence-electron chi connectivity index (χ2n) is 4.88. The average molecular weight is 254 g/mol. The van der Waals surface area contributed by atoms with Crippen molar-refractivity contribution >= 4 is 11.8 Å². The summed E-state index contributed by atoms with van der Waals surface area (Å²) in [4.78, 5) is 0. The number of ether oxygens (including phenoxy) is 1. The summed E-state index contributed by atoms with van der Waals surface area (Å²) in [7, 11) is 0. The van der Waals surface area contributed by atoms with E-state index in [9.17, 15) is 0 Å². The van der Waals surface area contributed by atoms with Crippen LogP contribution in [0.5, 0.6) is 0 Å². The van der Waals surface area contributed by atoms with Gasteiger partial charge in [-0.15, -0.1) is 0 Å². The van der Waals surface area contributed by atoms with E-state index in [1.807, 2.05) is 17.8 Å². The number of rotatable bonds is 3. The molecule has 0 bridgehead atoms. The second kappa shape index (κ2) is 5.00. The van der Waals surface area contributed by atoms with Crippen molar-refractivity contribution in [2.45, 2.75) is 37.5 Å². The quantitative estimate of drug-likeness (QED) is 0.891. The molecule has 2 atom stereocenters. The Morgan fingerprint density at radius 1 is 1.59 bits per heavy atom. The van der Waals surface area contributed by atoms with E-state index in [0.29, 0.717) is 6.04 Å². The highest BCUT2D eigenvalue weighted by Gasteiger charge is 2.40. The van der Waals surface area contributed by atoms with Crippen molar-refractivity contribution in [2.24, 2.45) is 0 Å². The van der Waals surface area contributed by atoms with Gasteiger partial charge in [0, 0.05) is 24.5 Å². The minimum Gasteiger partial charge on any atom is -0.374 e. The number of nitrogens with one attached hydrogen (secondary N) is 1. The molecule has 0 saturated carbocycles. The molecule has 3 rings (SSSR count). The lowest BCUT2D eigenvalue weighted by molar-refractivity contribution is -0.0704. The first-order valence-corrected chi connectivity index (χ1v) is 7.36. The molecule has 2 aliphatic heterocycles.